The van der Waals surface area contributed by atoms with Gasteiger partial charge in [0.1, 0.15) is 0 Å². The van der Waals surface area contributed by atoms with E-state index in [9.17, 15) is 4.79 Å². The predicted molar refractivity (Wildman–Crippen MR) is 129 cm³/mol. The molecule has 1 amide bonds. The normalized spacial score (nSPS) is 10.8. The average molecular weight is 448 g/mol. The summed E-state index contributed by atoms with van der Waals surface area (Å²) in [5.41, 5.74) is 5.94. The van der Waals surface area contributed by atoms with Crippen LogP contribution in [0.15, 0.2) is 84.0 Å². The second-order valence-electron chi connectivity index (χ2n) is 7.21. The number of benzene rings is 3. The van der Waals surface area contributed by atoms with E-state index < -0.39 is 0 Å². The maximum Gasteiger partial charge on any atom is 0.234 e. The Bertz CT molecular complexity index is 1200. The van der Waals surface area contributed by atoms with Gasteiger partial charge in [0, 0.05) is 27.7 Å². The Morgan fingerprint density at radius 3 is 2.45 bits per heavy atom. The van der Waals surface area contributed by atoms with Crippen molar-refractivity contribution in [3.63, 3.8) is 0 Å². The van der Waals surface area contributed by atoms with Gasteiger partial charge in [0.2, 0.25) is 5.91 Å². The Labute approximate surface area is 191 Å². The molecule has 0 aliphatic rings. The fraction of sp³-hybridized carbons (Fsp3) is 0.120. The van der Waals surface area contributed by atoms with Crippen LogP contribution in [0.1, 0.15) is 11.3 Å². The summed E-state index contributed by atoms with van der Waals surface area (Å²) in [6.45, 7) is 4.13. The van der Waals surface area contributed by atoms with Gasteiger partial charge < -0.3 is 5.32 Å². The highest BCUT2D eigenvalue weighted by Gasteiger charge is 2.18. The molecular weight excluding hydrogens is 426 g/mol. The number of aryl methyl sites for hydroxylation is 1. The molecule has 3 aromatic carbocycles. The molecule has 0 spiro atoms. The number of amides is 1. The molecule has 0 saturated heterocycles. The van der Waals surface area contributed by atoms with Crippen LogP contribution in [0.2, 0.25) is 5.02 Å². The Morgan fingerprint density at radius 1 is 1.00 bits per heavy atom. The topological polar surface area (TPSA) is 46.9 Å². The molecular formula is C25H22ClN3OS. The second-order valence-corrected chi connectivity index (χ2v) is 8.59. The van der Waals surface area contributed by atoms with Gasteiger partial charge in [-0.1, -0.05) is 65.8 Å². The smallest absolute Gasteiger partial charge is 0.234 e. The van der Waals surface area contributed by atoms with Crippen LogP contribution in [0, 0.1) is 13.8 Å². The van der Waals surface area contributed by atoms with Gasteiger partial charge in [-0.3, -0.25) is 9.36 Å². The summed E-state index contributed by atoms with van der Waals surface area (Å²) in [5.74, 6) is 0.157. The van der Waals surface area contributed by atoms with E-state index in [1.165, 1.54) is 17.3 Å². The van der Waals surface area contributed by atoms with E-state index in [2.05, 4.69) is 54.1 Å². The number of carbonyl (C=O) groups is 1. The van der Waals surface area contributed by atoms with Crippen molar-refractivity contribution in [2.75, 3.05) is 11.1 Å². The van der Waals surface area contributed by atoms with Gasteiger partial charge in [0.05, 0.1) is 11.4 Å². The second kappa shape index (κ2) is 9.41. The quantitative estimate of drug-likeness (QED) is 0.341. The van der Waals surface area contributed by atoms with E-state index in [0.717, 1.165) is 33.5 Å². The van der Waals surface area contributed by atoms with Gasteiger partial charge in [-0.05, 0) is 55.8 Å². The standard InChI is InChI=1S/C25H22ClN3OS/c1-17-7-6-10-22(15-17)29-18(2)24(19-8-4-3-5-9-19)28-25(29)31-16-23(30)27-21-13-11-20(26)12-14-21/h3-15H,16H2,1-2H3,(H,27,30). The SMILES string of the molecule is Cc1cccc(-n2c(SCC(=O)Nc3ccc(Cl)cc3)nc(-c3ccccc3)c2C)c1. The third kappa shape index (κ3) is 5.01. The van der Waals surface area contributed by atoms with Gasteiger partial charge >= 0.3 is 0 Å². The summed E-state index contributed by atoms with van der Waals surface area (Å²) >= 11 is 7.34. The number of imidazole rings is 1. The van der Waals surface area contributed by atoms with Crippen LogP contribution in [-0.4, -0.2) is 21.2 Å². The van der Waals surface area contributed by atoms with Crippen molar-refractivity contribution in [1.29, 1.82) is 0 Å². The van der Waals surface area contributed by atoms with Crippen LogP contribution < -0.4 is 5.32 Å². The lowest BCUT2D eigenvalue weighted by atomic mass is 10.1. The number of anilines is 1. The number of halogens is 1. The first kappa shape index (κ1) is 21.2. The molecule has 1 N–H and O–H groups in total. The largest absolute Gasteiger partial charge is 0.325 e. The summed E-state index contributed by atoms with van der Waals surface area (Å²) in [6, 6.07) is 25.5. The highest BCUT2D eigenvalue weighted by atomic mass is 35.5. The van der Waals surface area contributed by atoms with Crippen LogP contribution in [0.4, 0.5) is 5.69 Å². The molecule has 4 rings (SSSR count). The van der Waals surface area contributed by atoms with E-state index in [1.54, 1.807) is 24.3 Å². The number of hydrogen-bond acceptors (Lipinski definition) is 3. The van der Waals surface area contributed by atoms with Crippen LogP contribution >= 0.6 is 23.4 Å². The van der Waals surface area contributed by atoms with Gasteiger partial charge in [0.15, 0.2) is 5.16 Å². The van der Waals surface area contributed by atoms with Gasteiger partial charge in [-0.25, -0.2) is 4.98 Å². The van der Waals surface area contributed by atoms with E-state index >= 15 is 0 Å². The Balaban J connectivity index is 1.62. The van der Waals surface area contributed by atoms with E-state index in [1.807, 2.05) is 24.3 Å². The Morgan fingerprint density at radius 2 is 1.74 bits per heavy atom. The molecule has 0 aliphatic carbocycles. The molecule has 6 heteroatoms. The zero-order chi connectivity index (χ0) is 21.8. The Hall–Kier alpha value is -3.02. The third-order valence-electron chi connectivity index (χ3n) is 4.84. The first-order valence-electron chi connectivity index (χ1n) is 9.91. The summed E-state index contributed by atoms with van der Waals surface area (Å²) in [6.07, 6.45) is 0. The van der Waals surface area contributed by atoms with Crippen LogP contribution in [0.25, 0.3) is 16.9 Å². The predicted octanol–water partition coefficient (Wildman–Crippen LogP) is 6.54. The highest BCUT2D eigenvalue weighted by molar-refractivity contribution is 7.99. The van der Waals surface area contributed by atoms with Crippen molar-refractivity contribution in [3.05, 3.63) is 95.1 Å². The minimum Gasteiger partial charge on any atom is -0.325 e. The molecule has 0 fully saturated rings. The fourth-order valence-electron chi connectivity index (χ4n) is 3.37. The first-order valence-corrected chi connectivity index (χ1v) is 11.3. The van der Waals surface area contributed by atoms with E-state index in [-0.39, 0.29) is 11.7 Å². The molecule has 0 radical (unpaired) electrons. The number of rotatable bonds is 6. The van der Waals surface area contributed by atoms with Crippen molar-refractivity contribution >= 4 is 35.0 Å². The number of aromatic nitrogens is 2. The lowest BCUT2D eigenvalue weighted by Gasteiger charge is -2.11. The highest BCUT2D eigenvalue weighted by Crippen LogP contribution is 2.31. The molecule has 0 aliphatic heterocycles. The van der Waals surface area contributed by atoms with Crippen LogP contribution in [-0.2, 0) is 4.79 Å². The maximum absolute atomic E-state index is 12.5. The summed E-state index contributed by atoms with van der Waals surface area (Å²) < 4.78 is 2.12. The zero-order valence-electron chi connectivity index (χ0n) is 17.3. The number of nitrogens with one attached hydrogen (secondary N) is 1. The number of thioether (sulfide) groups is 1. The van der Waals surface area contributed by atoms with Crippen molar-refractivity contribution in [1.82, 2.24) is 9.55 Å². The van der Waals surface area contributed by atoms with Crippen molar-refractivity contribution in [3.8, 4) is 16.9 Å². The molecule has 1 heterocycles. The van der Waals surface area contributed by atoms with Gasteiger partial charge in [-0.2, -0.15) is 0 Å². The van der Waals surface area contributed by atoms with Crippen molar-refractivity contribution < 1.29 is 4.79 Å². The minimum absolute atomic E-state index is 0.0926. The van der Waals surface area contributed by atoms with Crippen LogP contribution in [0.5, 0.6) is 0 Å². The summed E-state index contributed by atoms with van der Waals surface area (Å²) in [4.78, 5) is 17.4. The zero-order valence-corrected chi connectivity index (χ0v) is 18.9. The molecule has 4 nitrogen and oxygen atoms in total. The molecule has 0 saturated carbocycles. The first-order chi connectivity index (χ1) is 15.0. The fourth-order valence-corrected chi connectivity index (χ4v) is 4.36. The van der Waals surface area contributed by atoms with Gasteiger partial charge in [0.25, 0.3) is 0 Å². The summed E-state index contributed by atoms with van der Waals surface area (Å²) in [5, 5.41) is 4.33. The number of nitrogens with zero attached hydrogens (tertiary/aromatic N) is 2. The van der Waals surface area contributed by atoms with Crippen molar-refractivity contribution in [2.24, 2.45) is 0 Å². The van der Waals surface area contributed by atoms with E-state index in [4.69, 9.17) is 16.6 Å². The number of hydrogen-bond donors (Lipinski definition) is 1. The molecule has 31 heavy (non-hydrogen) atoms. The molecule has 0 atom stereocenters. The monoisotopic (exact) mass is 447 g/mol. The molecule has 1 aromatic heterocycles. The van der Waals surface area contributed by atoms with Crippen LogP contribution in [0.3, 0.4) is 0 Å². The third-order valence-corrected chi connectivity index (χ3v) is 6.03. The lowest BCUT2D eigenvalue weighted by molar-refractivity contribution is -0.113. The van der Waals surface area contributed by atoms with E-state index in [0.29, 0.717) is 5.02 Å². The molecule has 4 aromatic rings. The molecule has 156 valence electrons. The molecule has 0 bridgehead atoms. The minimum atomic E-state index is -0.0926. The maximum atomic E-state index is 12.5. The average Bonchev–Trinajstić information content (AvgIpc) is 3.10. The number of carbonyl (C=O) groups excluding carboxylic acids is 1. The Kier molecular flexibility index (Phi) is 6.44. The molecule has 0 unspecified atom stereocenters. The van der Waals surface area contributed by atoms with Gasteiger partial charge in [-0.15, -0.1) is 0 Å². The lowest BCUT2D eigenvalue weighted by Crippen LogP contribution is -2.14. The van der Waals surface area contributed by atoms with Crippen molar-refractivity contribution in [2.45, 2.75) is 19.0 Å². The summed E-state index contributed by atoms with van der Waals surface area (Å²) in [7, 11) is 0.